The third-order valence-corrected chi connectivity index (χ3v) is 13.3. The van der Waals surface area contributed by atoms with Crippen molar-refractivity contribution in [2.75, 3.05) is 4.90 Å². The van der Waals surface area contributed by atoms with Crippen molar-refractivity contribution in [3.05, 3.63) is 172 Å². The molecule has 0 bridgehead atoms. The van der Waals surface area contributed by atoms with Crippen LogP contribution in [0.25, 0.3) is 60.5 Å². The van der Waals surface area contributed by atoms with Crippen LogP contribution in [0.1, 0.15) is 63.2 Å². The van der Waals surface area contributed by atoms with Crippen LogP contribution in [-0.4, -0.2) is 43.1 Å². The van der Waals surface area contributed by atoms with Gasteiger partial charge in [0.2, 0.25) is 0 Å². The van der Waals surface area contributed by atoms with Crippen LogP contribution in [0.3, 0.4) is 0 Å². The summed E-state index contributed by atoms with van der Waals surface area (Å²) in [7, 11) is 0. The Labute approximate surface area is 458 Å². The predicted molar refractivity (Wildman–Crippen MR) is 289 cm³/mol. The largest absolute Gasteiger partial charge is 2.00 e. The van der Waals surface area contributed by atoms with E-state index in [2.05, 4.69) is 168 Å². The number of aromatic nitrogens is 6. The molecule has 9 rings (SSSR count). The summed E-state index contributed by atoms with van der Waals surface area (Å²) in [5, 5.41) is 17.5. The van der Waals surface area contributed by atoms with E-state index in [1.54, 1.807) is 65.4 Å². The van der Waals surface area contributed by atoms with Gasteiger partial charge in [0.1, 0.15) is 17.2 Å². The normalized spacial score (nSPS) is 11.1. The number of anilines is 3. The second-order valence-corrected chi connectivity index (χ2v) is 20.8. The van der Waals surface area contributed by atoms with Crippen molar-refractivity contribution in [2.24, 2.45) is 0 Å². The average Bonchev–Trinajstić information content (AvgIpc) is 4.18. The molecule has 9 aromatic rings. The first-order chi connectivity index (χ1) is 35.3. The number of alkyl halides is 3. The van der Waals surface area contributed by atoms with Crippen molar-refractivity contribution in [1.29, 1.82) is 0 Å². The number of isothiocyanates is 1. The molecule has 0 aliphatic heterocycles. The quantitative estimate of drug-likeness (QED) is 0.0494. The molecular weight excluding hydrogens is 1100 g/mol. The Hall–Kier alpha value is -7.40. The first-order valence-corrected chi connectivity index (χ1v) is 24.8. The molecule has 382 valence electrons. The van der Waals surface area contributed by atoms with Crippen molar-refractivity contribution in [1.82, 2.24) is 30.1 Å². The molecule has 0 aliphatic carbocycles. The molecule has 12 nitrogen and oxygen atoms in total. The first-order valence-electron chi connectivity index (χ1n) is 22.7. The number of carbonyl (C=O) groups is 2. The van der Waals surface area contributed by atoms with Gasteiger partial charge >= 0.3 is 25.7 Å². The van der Waals surface area contributed by atoms with Gasteiger partial charge in [0, 0.05) is 62.3 Å². The smallest absolute Gasteiger partial charge is 0.753 e. The number of halogens is 3. The molecule has 0 fully saturated rings. The van der Waals surface area contributed by atoms with Gasteiger partial charge in [-0.05, 0) is 124 Å². The molecule has 0 saturated carbocycles. The number of hydrogen-bond acceptors (Lipinski definition) is 13. The molecular formula is C56H47F3N8O4RuS3. The Morgan fingerprint density at radius 3 is 1.69 bits per heavy atom. The van der Waals surface area contributed by atoms with E-state index >= 15 is 0 Å². The Balaban J connectivity index is 0.000000229. The summed E-state index contributed by atoms with van der Waals surface area (Å²) >= 11 is 7.17. The molecule has 7 aromatic heterocycles. The number of benzene rings is 2. The molecule has 0 atom stereocenters. The van der Waals surface area contributed by atoms with Crippen molar-refractivity contribution in [3.8, 4) is 66.5 Å². The van der Waals surface area contributed by atoms with Crippen LogP contribution < -0.4 is 19.5 Å². The number of ether oxygens (including phenoxy) is 2. The molecule has 0 amide bonds. The van der Waals surface area contributed by atoms with E-state index in [0.29, 0.717) is 52.9 Å². The van der Waals surface area contributed by atoms with Crippen molar-refractivity contribution in [2.45, 2.75) is 65.5 Å². The number of carbonyl (C=O) groups excluding carboxylic acids is 2. The van der Waals surface area contributed by atoms with Crippen molar-refractivity contribution < 1.29 is 51.7 Å². The second-order valence-electron chi connectivity index (χ2n) is 18.5. The van der Waals surface area contributed by atoms with Gasteiger partial charge in [0.25, 0.3) is 12.9 Å². The molecule has 2 aromatic carbocycles. The first kappa shape index (κ1) is 56.9. The predicted octanol–water partition coefficient (Wildman–Crippen LogP) is 14.9. The third kappa shape index (κ3) is 14.7. The van der Waals surface area contributed by atoms with Crippen LogP contribution >= 0.6 is 34.9 Å². The van der Waals surface area contributed by atoms with E-state index in [1.165, 1.54) is 37.1 Å². The molecule has 0 spiro atoms. The minimum atomic E-state index is -4.54. The van der Waals surface area contributed by atoms with Gasteiger partial charge in [0.15, 0.2) is 0 Å². The summed E-state index contributed by atoms with van der Waals surface area (Å²) in [5.74, 6) is 0.617. The Morgan fingerprint density at radius 2 is 1.19 bits per heavy atom. The number of hydrogen-bond donors (Lipinski definition) is 0. The van der Waals surface area contributed by atoms with Gasteiger partial charge in [-0.1, -0.05) is 83.7 Å². The fourth-order valence-electron chi connectivity index (χ4n) is 7.40. The Morgan fingerprint density at radius 1 is 0.640 bits per heavy atom. The van der Waals surface area contributed by atoms with Crippen LogP contribution in [0.5, 0.6) is 11.5 Å². The average molecular weight is 1150 g/mol. The van der Waals surface area contributed by atoms with Gasteiger partial charge in [-0.3, -0.25) is 24.5 Å². The molecule has 0 saturated heterocycles. The van der Waals surface area contributed by atoms with Gasteiger partial charge in [0.05, 0.1) is 34.7 Å². The molecule has 19 heteroatoms. The number of thiocarbonyl (C=S) groups is 1. The number of aryl methyl sites for hydroxylation is 1. The summed E-state index contributed by atoms with van der Waals surface area (Å²) in [4.78, 5) is 45.5. The van der Waals surface area contributed by atoms with Gasteiger partial charge in [-0.2, -0.15) is 18.3 Å². The molecule has 7 heterocycles. The number of nitrogens with zero attached hydrogens (tertiary/aromatic N) is 8. The molecule has 75 heavy (non-hydrogen) atoms. The van der Waals surface area contributed by atoms with E-state index in [1.807, 2.05) is 18.2 Å². The fourth-order valence-corrected chi connectivity index (χ4v) is 9.29. The van der Waals surface area contributed by atoms with Crippen LogP contribution in [0.2, 0.25) is 0 Å². The Kier molecular flexibility index (Phi) is 18.8. The maximum atomic E-state index is 12.9. The van der Waals surface area contributed by atoms with Gasteiger partial charge in [-0.15, -0.1) is 22.7 Å². The topological polar surface area (TPSA) is 157 Å². The summed E-state index contributed by atoms with van der Waals surface area (Å²) in [5.41, 5.74) is 8.65. The van der Waals surface area contributed by atoms with E-state index in [0.717, 1.165) is 34.3 Å². The van der Waals surface area contributed by atoms with E-state index < -0.39 is 11.9 Å². The van der Waals surface area contributed by atoms with Gasteiger partial charge in [-0.25, -0.2) is 4.98 Å². The van der Waals surface area contributed by atoms with Crippen LogP contribution in [0.15, 0.2) is 145 Å². The number of pyridine rings is 4. The monoisotopic (exact) mass is 1150 g/mol. The van der Waals surface area contributed by atoms with Crippen LogP contribution in [0, 0.1) is 6.92 Å². The third-order valence-electron chi connectivity index (χ3n) is 11.2. The maximum Gasteiger partial charge on any atom is 2.00 e. The molecule has 0 aliphatic rings. The molecule has 0 N–H and O–H groups in total. The maximum absolute atomic E-state index is 12.9. The van der Waals surface area contributed by atoms with Crippen molar-refractivity contribution >= 4 is 70.1 Å². The minimum Gasteiger partial charge on any atom is -0.753 e. The van der Waals surface area contributed by atoms with Crippen LogP contribution in [-0.2, 0) is 46.1 Å². The van der Waals surface area contributed by atoms with Crippen LogP contribution in [0.4, 0.5) is 30.2 Å². The minimum absolute atomic E-state index is 0. The van der Waals surface area contributed by atoms with E-state index in [-0.39, 0.29) is 36.0 Å². The zero-order valence-electron chi connectivity index (χ0n) is 41.4. The number of rotatable bonds is 12. The van der Waals surface area contributed by atoms with E-state index in [9.17, 15) is 22.8 Å². The molecule has 0 radical (unpaired) electrons. The second kappa shape index (κ2) is 24.8. The summed E-state index contributed by atoms with van der Waals surface area (Å²) in [6.45, 7) is 15.8. The van der Waals surface area contributed by atoms with Gasteiger partial charge < -0.3 is 30.0 Å². The summed E-state index contributed by atoms with van der Waals surface area (Å²) in [6.07, 6.45) is 0.334. The standard InChI is InChI=1S/C29H30F3N4.C26H17N3O4S2.CNS.Ru/c1-27(2,3)19-7-11-21(12-8-19)36(22-13-9-20(10-14-22)28(4,5)6)23-15-16-24(33-18-23)25-17-26(35-34-25)29(30,31)32;1-16-2-3-25(35-16)26-9-18(13-34-26)17-4-6-27-21(8-17)23-11-20(33-15-31)12-24(29-23)22-10-19(32-14-30)5-7-28-22;2-1-3;/h7-18H,1-6H3;2-15H,1H3;;/q-1;;-1;+2. The molecule has 0 unspecified atom stereocenters. The van der Waals surface area contributed by atoms with E-state index in [4.69, 9.17) is 14.9 Å². The zero-order chi connectivity index (χ0) is 53.2. The fraction of sp³-hybridized carbons (Fsp3) is 0.179. The summed E-state index contributed by atoms with van der Waals surface area (Å²) < 4.78 is 48.8. The zero-order valence-corrected chi connectivity index (χ0v) is 45.6. The number of thiophene rings is 2. The van der Waals surface area contributed by atoms with Crippen molar-refractivity contribution in [3.63, 3.8) is 0 Å². The Bertz CT molecular complexity index is 3340. The summed E-state index contributed by atoms with van der Waals surface area (Å²) in [6, 6.07) is 37.9. The SMILES string of the molecule is CC(C)(C)c1ccc(N(c2ccc(C(C)(C)C)cc2)c2ccc(-c3cc(C(F)(F)F)n[n-]3)nc2)cc1.Cc1ccc(-c2cc(-c3ccnc(-c4cc(OC=O)cc(-c5cc(OC=O)ccn5)n4)c3)cs2)s1.[N-]=C=S.[Ru+2].